The van der Waals surface area contributed by atoms with Crippen molar-refractivity contribution in [1.29, 1.82) is 0 Å². The summed E-state index contributed by atoms with van der Waals surface area (Å²) in [5, 5.41) is 2.96. The van der Waals surface area contributed by atoms with Crippen molar-refractivity contribution < 1.29 is 13.2 Å². The first-order valence-corrected chi connectivity index (χ1v) is 11.6. The fraction of sp³-hybridized carbons (Fsp3) is 0.350. The average molecular weight is 407 g/mol. The molecule has 2 N–H and O–H groups in total. The molecular formula is C20H26N2O3S2. The topological polar surface area (TPSA) is 75.3 Å². The van der Waals surface area contributed by atoms with E-state index in [1.807, 2.05) is 13.0 Å². The van der Waals surface area contributed by atoms with Gasteiger partial charge in [-0.15, -0.1) is 11.8 Å². The molecule has 0 unspecified atom stereocenters. The van der Waals surface area contributed by atoms with Crippen LogP contribution in [-0.2, 0) is 14.8 Å². The van der Waals surface area contributed by atoms with Crippen LogP contribution in [0.25, 0.3) is 0 Å². The molecule has 1 amide bonds. The van der Waals surface area contributed by atoms with Gasteiger partial charge < -0.3 is 5.32 Å². The zero-order valence-electron chi connectivity index (χ0n) is 16.1. The second-order valence-corrected chi connectivity index (χ2v) is 9.55. The summed E-state index contributed by atoms with van der Waals surface area (Å²) < 4.78 is 25.1. The lowest BCUT2D eigenvalue weighted by atomic mass is 10.1. The van der Waals surface area contributed by atoms with Gasteiger partial charge in [0.15, 0.2) is 0 Å². The van der Waals surface area contributed by atoms with Crippen LogP contribution in [0, 0.1) is 13.8 Å². The van der Waals surface area contributed by atoms with Crippen LogP contribution in [0.4, 0.5) is 5.69 Å². The Hall–Kier alpha value is -1.99. The third-order valence-electron chi connectivity index (χ3n) is 4.14. The maximum atomic E-state index is 12.2. The minimum atomic E-state index is -3.33. The van der Waals surface area contributed by atoms with Crippen molar-refractivity contribution in [3.63, 3.8) is 0 Å². The Kier molecular flexibility index (Phi) is 7.33. The van der Waals surface area contributed by atoms with E-state index in [2.05, 4.69) is 42.1 Å². The Labute approximate surface area is 166 Å². The van der Waals surface area contributed by atoms with Gasteiger partial charge >= 0.3 is 0 Å². The van der Waals surface area contributed by atoms with E-state index in [-0.39, 0.29) is 11.9 Å². The highest BCUT2D eigenvalue weighted by Gasteiger charge is 2.11. The maximum absolute atomic E-state index is 12.2. The monoisotopic (exact) mass is 406 g/mol. The molecule has 7 heteroatoms. The molecule has 0 saturated carbocycles. The maximum Gasteiger partial charge on any atom is 0.229 e. The fourth-order valence-electron chi connectivity index (χ4n) is 2.55. The van der Waals surface area contributed by atoms with Crippen molar-refractivity contribution in [3.8, 4) is 0 Å². The highest BCUT2D eigenvalue weighted by molar-refractivity contribution is 7.99. The number of carbonyl (C=O) groups excluding carboxylic acids is 1. The lowest BCUT2D eigenvalue weighted by Gasteiger charge is -2.15. The van der Waals surface area contributed by atoms with Crippen molar-refractivity contribution in [2.75, 3.05) is 16.7 Å². The van der Waals surface area contributed by atoms with Crippen LogP contribution in [0.2, 0.25) is 0 Å². The Morgan fingerprint density at radius 1 is 1.11 bits per heavy atom. The van der Waals surface area contributed by atoms with Crippen molar-refractivity contribution in [1.82, 2.24) is 5.32 Å². The number of nitrogens with one attached hydrogen (secondary N) is 2. The molecular weight excluding hydrogens is 380 g/mol. The Bertz CT molecular complexity index is 911. The first-order chi connectivity index (χ1) is 12.6. The number of aryl methyl sites for hydroxylation is 2. The average Bonchev–Trinajstić information content (AvgIpc) is 2.56. The van der Waals surface area contributed by atoms with E-state index >= 15 is 0 Å². The van der Waals surface area contributed by atoms with Gasteiger partial charge in [-0.3, -0.25) is 9.52 Å². The summed E-state index contributed by atoms with van der Waals surface area (Å²) in [4.78, 5) is 13.4. The van der Waals surface area contributed by atoms with Gasteiger partial charge in [0.2, 0.25) is 15.9 Å². The molecule has 5 nitrogen and oxygen atoms in total. The number of thioether (sulfide) groups is 1. The van der Waals surface area contributed by atoms with Crippen LogP contribution in [0.3, 0.4) is 0 Å². The Morgan fingerprint density at radius 3 is 2.52 bits per heavy atom. The number of amides is 1. The van der Waals surface area contributed by atoms with Crippen LogP contribution in [-0.4, -0.2) is 26.3 Å². The molecule has 0 spiro atoms. The molecule has 0 saturated heterocycles. The highest BCUT2D eigenvalue weighted by Crippen LogP contribution is 2.22. The van der Waals surface area contributed by atoms with Crippen LogP contribution in [0.1, 0.15) is 36.1 Å². The van der Waals surface area contributed by atoms with Crippen molar-refractivity contribution in [2.24, 2.45) is 0 Å². The minimum Gasteiger partial charge on any atom is -0.350 e. The van der Waals surface area contributed by atoms with E-state index in [0.29, 0.717) is 17.9 Å². The molecule has 1 atom stereocenters. The van der Waals surface area contributed by atoms with Crippen molar-refractivity contribution >= 4 is 33.4 Å². The molecule has 0 aromatic heterocycles. The second-order valence-electron chi connectivity index (χ2n) is 6.63. The summed E-state index contributed by atoms with van der Waals surface area (Å²) in [6.45, 7) is 6.05. The van der Waals surface area contributed by atoms with Crippen LogP contribution in [0.15, 0.2) is 47.4 Å². The minimum absolute atomic E-state index is 0.0275. The molecule has 2 aromatic carbocycles. The van der Waals surface area contributed by atoms with Crippen LogP contribution >= 0.6 is 11.8 Å². The summed E-state index contributed by atoms with van der Waals surface area (Å²) in [5.41, 5.74) is 3.85. The molecule has 2 aromatic rings. The Morgan fingerprint density at radius 2 is 1.85 bits per heavy atom. The third-order valence-corrected chi connectivity index (χ3v) is 5.75. The first kappa shape index (κ1) is 21.3. The van der Waals surface area contributed by atoms with Gasteiger partial charge in [0, 0.05) is 22.8 Å². The fourth-order valence-corrected chi connectivity index (χ4v) is 4.05. The van der Waals surface area contributed by atoms with Crippen LogP contribution < -0.4 is 10.0 Å². The lowest BCUT2D eigenvalue weighted by Crippen LogP contribution is -2.26. The first-order valence-electron chi connectivity index (χ1n) is 8.71. The highest BCUT2D eigenvalue weighted by atomic mass is 32.2. The molecule has 27 heavy (non-hydrogen) atoms. The molecule has 0 aliphatic heterocycles. The smallest absolute Gasteiger partial charge is 0.229 e. The molecule has 0 radical (unpaired) electrons. The summed E-state index contributed by atoms with van der Waals surface area (Å²) in [6, 6.07) is 13.1. The Balaban J connectivity index is 1.86. The molecule has 146 valence electrons. The summed E-state index contributed by atoms with van der Waals surface area (Å²) in [5.74, 6) is 0.678. The molecule has 2 rings (SSSR count). The van der Waals surface area contributed by atoms with Gasteiger partial charge in [0.25, 0.3) is 0 Å². The summed E-state index contributed by atoms with van der Waals surface area (Å²) in [7, 11) is -3.33. The number of hydrogen-bond acceptors (Lipinski definition) is 4. The summed E-state index contributed by atoms with van der Waals surface area (Å²) in [6.07, 6.45) is 1.53. The van der Waals surface area contributed by atoms with Crippen molar-refractivity contribution in [2.45, 2.75) is 38.1 Å². The molecule has 0 aliphatic carbocycles. The quantitative estimate of drug-likeness (QED) is 0.649. The standard InChI is InChI=1S/C20H26N2O3S2/c1-14-8-9-19(12-15(14)2)26-11-10-20(23)21-16(3)17-6-5-7-18(13-17)22-27(4,24)25/h5-9,12-13,16,22H,10-11H2,1-4H3,(H,21,23)/t16-/m1/s1. The number of rotatable bonds is 8. The molecule has 0 aliphatic rings. The van der Waals surface area contributed by atoms with E-state index in [4.69, 9.17) is 0 Å². The summed E-state index contributed by atoms with van der Waals surface area (Å²) >= 11 is 1.67. The predicted molar refractivity (Wildman–Crippen MR) is 113 cm³/mol. The van der Waals surface area contributed by atoms with E-state index < -0.39 is 10.0 Å². The van der Waals surface area contributed by atoms with Gasteiger partial charge in [0.05, 0.1) is 12.3 Å². The molecule has 0 heterocycles. The van der Waals surface area contributed by atoms with Crippen molar-refractivity contribution in [3.05, 3.63) is 59.2 Å². The van der Waals surface area contributed by atoms with E-state index in [0.717, 1.165) is 11.8 Å². The van der Waals surface area contributed by atoms with Gasteiger partial charge in [-0.05, 0) is 61.7 Å². The second kappa shape index (κ2) is 9.28. The molecule has 0 bridgehead atoms. The third kappa shape index (κ3) is 7.27. The number of anilines is 1. The molecule has 0 fully saturated rings. The number of hydrogen-bond donors (Lipinski definition) is 2. The number of carbonyl (C=O) groups is 1. The zero-order valence-corrected chi connectivity index (χ0v) is 17.7. The number of benzene rings is 2. The van der Waals surface area contributed by atoms with Gasteiger partial charge in [-0.2, -0.15) is 0 Å². The van der Waals surface area contributed by atoms with Gasteiger partial charge in [-0.25, -0.2) is 8.42 Å². The number of sulfonamides is 1. The van der Waals surface area contributed by atoms with E-state index in [1.165, 1.54) is 16.0 Å². The van der Waals surface area contributed by atoms with Gasteiger partial charge in [0.1, 0.15) is 0 Å². The van der Waals surface area contributed by atoms with Gasteiger partial charge in [-0.1, -0.05) is 18.2 Å². The lowest BCUT2D eigenvalue weighted by molar-refractivity contribution is -0.121. The predicted octanol–water partition coefficient (Wildman–Crippen LogP) is 4.03. The van der Waals surface area contributed by atoms with Crippen LogP contribution in [0.5, 0.6) is 0 Å². The zero-order chi connectivity index (χ0) is 20.0. The largest absolute Gasteiger partial charge is 0.350 e. The van der Waals surface area contributed by atoms with E-state index in [1.54, 1.807) is 30.0 Å². The van der Waals surface area contributed by atoms with E-state index in [9.17, 15) is 13.2 Å². The SMILES string of the molecule is Cc1ccc(SCCC(=O)N[C@H](C)c2cccc(NS(C)(=O)=O)c2)cc1C. The normalized spacial score (nSPS) is 12.4.